The van der Waals surface area contributed by atoms with Gasteiger partial charge in [0.15, 0.2) is 0 Å². The van der Waals surface area contributed by atoms with Crippen molar-refractivity contribution in [2.45, 2.75) is 13.3 Å². The van der Waals surface area contributed by atoms with Crippen LogP contribution in [-0.2, 0) is 16.0 Å². The van der Waals surface area contributed by atoms with Gasteiger partial charge in [-0.05, 0) is 18.1 Å². The summed E-state index contributed by atoms with van der Waals surface area (Å²) in [5, 5.41) is 11.9. The molecule has 5 nitrogen and oxygen atoms in total. The molecule has 1 heterocycles. The molecule has 0 amide bonds. The second-order valence-corrected chi connectivity index (χ2v) is 3.91. The van der Waals surface area contributed by atoms with Crippen LogP contribution < -0.4 is 5.32 Å². The van der Waals surface area contributed by atoms with Gasteiger partial charge in [-0.25, -0.2) is 4.98 Å². The lowest BCUT2D eigenvalue weighted by atomic mass is 10.0. The lowest BCUT2D eigenvalue weighted by molar-refractivity contribution is -0.141. The average molecular weight is 238 g/mol. The van der Waals surface area contributed by atoms with Crippen molar-refractivity contribution in [2.75, 3.05) is 25.6 Å². The number of hydrogen-bond donors (Lipinski definition) is 2. The number of pyridine rings is 1. The van der Waals surface area contributed by atoms with Crippen molar-refractivity contribution >= 4 is 11.8 Å². The number of carbonyl (C=O) groups is 1. The number of carboxylic acid groups (broad SMARTS) is 1. The van der Waals surface area contributed by atoms with E-state index in [1.54, 1.807) is 20.2 Å². The second-order valence-electron chi connectivity index (χ2n) is 3.91. The molecule has 0 saturated heterocycles. The molecule has 2 N–H and O–H groups in total. The highest BCUT2D eigenvalue weighted by atomic mass is 16.5. The smallest absolute Gasteiger partial charge is 0.306 e. The van der Waals surface area contributed by atoms with Crippen molar-refractivity contribution in [2.24, 2.45) is 5.92 Å². The molecule has 0 saturated carbocycles. The molecule has 0 aliphatic heterocycles. The van der Waals surface area contributed by atoms with Gasteiger partial charge < -0.3 is 15.2 Å². The molecule has 0 aliphatic rings. The molecule has 0 aromatic carbocycles. The fourth-order valence-electron chi connectivity index (χ4n) is 1.37. The van der Waals surface area contributed by atoms with Crippen molar-refractivity contribution in [1.29, 1.82) is 0 Å². The minimum absolute atomic E-state index is 0.385. The summed E-state index contributed by atoms with van der Waals surface area (Å²) in [6, 6.07) is 3.74. The van der Waals surface area contributed by atoms with Crippen LogP contribution in [0.3, 0.4) is 0 Å². The van der Waals surface area contributed by atoms with Crippen LogP contribution in [-0.4, -0.2) is 36.3 Å². The molecule has 0 spiro atoms. The molecule has 5 heteroatoms. The van der Waals surface area contributed by atoms with E-state index in [0.717, 1.165) is 11.4 Å². The Hall–Kier alpha value is -1.62. The Bertz CT molecular complexity index is 351. The highest BCUT2D eigenvalue weighted by molar-refractivity contribution is 5.69. The normalized spacial score (nSPS) is 12.1. The number of rotatable bonds is 7. The number of anilines is 1. The zero-order valence-corrected chi connectivity index (χ0v) is 10.1. The maximum absolute atomic E-state index is 10.7. The Labute approximate surface area is 101 Å². The zero-order valence-electron chi connectivity index (χ0n) is 10.1. The summed E-state index contributed by atoms with van der Waals surface area (Å²) in [5.74, 6) is -0.398. The number of methoxy groups -OCH3 is 1. The summed E-state index contributed by atoms with van der Waals surface area (Å²) in [7, 11) is 1.64. The van der Waals surface area contributed by atoms with Crippen LogP contribution in [0.2, 0.25) is 0 Å². The van der Waals surface area contributed by atoms with Crippen LogP contribution in [0.25, 0.3) is 0 Å². The summed E-state index contributed by atoms with van der Waals surface area (Å²) < 4.78 is 4.91. The third kappa shape index (κ3) is 4.82. The summed E-state index contributed by atoms with van der Waals surface area (Å²) in [4.78, 5) is 14.9. The zero-order chi connectivity index (χ0) is 12.7. The molecular formula is C12H18N2O3. The van der Waals surface area contributed by atoms with Gasteiger partial charge in [-0.1, -0.05) is 13.0 Å². The minimum atomic E-state index is -0.785. The standard InChI is InChI=1S/C12H18N2O3/c1-9(12(15)16)7-10-3-4-11(14-8-10)13-5-6-17-2/h3-4,8-9H,5-7H2,1-2H3,(H,13,14)(H,15,16). The Kier molecular flexibility index (Phi) is 5.42. The van der Waals surface area contributed by atoms with Crippen LogP contribution in [0.4, 0.5) is 5.82 Å². The van der Waals surface area contributed by atoms with Crippen molar-refractivity contribution < 1.29 is 14.6 Å². The highest BCUT2D eigenvalue weighted by Crippen LogP contribution is 2.10. The number of nitrogens with one attached hydrogen (secondary N) is 1. The molecule has 0 bridgehead atoms. The van der Waals surface area contributed by atoms with Crippen LogP contribution in [0, 0.1) is 5.92 Å². The van der Waals surface area contributed by atoms with E-state index in [0.29, 0.717) is 19.6 Å². The number of hydrogen-bond acceptors (Lipinski definition) is 4. The van der Waals surface area contributed by atoms with Crippen LogP contribution in [0.15, 0.2) is 18.3 Å². The minimum Gasteiger partial charge on any atom is -0.481 e. The van der Waals surface area contributed by atoms with E-state index < -0.39 is 5.97 Å². The molecule has 0 radical (unpaired) electrons. The Morgan fingerprint density at radius 1 is 1.59 bits per heavy atom. The maximum atomic E-state index is 10.7. The SMILES string of the molecule is COCCNc1ccc(CC(C)C(=O)O)cn1. The van der Waals surface area contributed by atoms with Gasteiger partial charge >= 0.3 is 5.97 Å². The Morgan fingerprint density at radius 3 is 2.88 bits per heavy atom. The molecule has 0 fully saturated rings. The summed E-state index contributed by atoms with van der Waals surface area (Å²) in [6.07, 6.45) is 2.20. The molecule has 1 rings (SSSR count). The second kappa shape index (κ2) is 6.85. The predicted octanol–water partition coefficient (Wildman–Crippen LogP) is 1.40. The van der Waals surface area contributed by atoms with Gasteiger partial charge in [-0.2, -0.15) is 0 Å². The lowest BCUT2D eigenvalue weighted by Crippen LogP contribution is -2.13. The first-order valence-corrected chi connectivity index (χ1v) is 5.54. The monoisotopic (exact) mass is 238 g/mol. The number of ether oxygens (including phenoxy) is 1. The Morgan fingerprint density at radius 2 is 2.35 bits per heavy atom. The van der Waals surface area contributed by atoms with Crippen LogP contribution in [0.1, 0.15) is 12.5 Å². The van der Waals surface area contributed by atoms with Gasteiger partial charge in [0.1, 0.15) is 5.82 Å². The fraction of sp³-hybridized carbons (Fsp3) is 0.500. The molecular weight excluding hydrogens is 220 g/mol. The number of aliphatic carboxylic acids is 1. The van der Waals surface area contributed by atoms with E-state index >= 15 is 0 Å². The molecule has 17 heavy (non-hydrogen) atoms. The van der Waals surface area contributed by atoms with E-state index in [1.165, 1.54) is 0 Å². The first kappa shape index (κ1) is 13.4. The van der Waals surface area contributed by atoms with E-state index in [-0.39, 0.29) is 5.92 Å². The van der Waals surface area contributed by atoms with Crippen molar-refractivity contribution in [1.82, 2.24) is 4.98 Å². The molecule has 1 atom stereocenters. The Balaban J connectivity index is 2.47. The summed E-state index contributed by atoms with van der Waals surface area (Å²) in [6.45, 7) is 3.01. The average Bonchev–Trinajstić information content (AvgIpc) is 2.31. The first-order chi connectivity index (χ1) is 8.13. The quantitative estimate of drug-likeness (QED) is 0.703. The molecule has 94 valence electrons. The van der Waals surface area contributed by atoms with Crippen molar-refractivity contribution in [3.05, 3.63) is 23.9 Å². The fourth-order valence-corrected chi connectivity index (χ4v) is 1.37. The van der Waals surface area contributed by atoms with E-state index in [2.05, 4.69) is 10.3 Å². The number of nitrogens with zero attached hydrogens (tertiary/aromatic N) is 1. The van der Waals surface area contributed by atoms with E-state index in [9.17, 15) is 4.79 Å². The third-order valence-corrected chi connectivity index (χ3v) is 2.40. The molecule has 0 aliphatic carbocycles. The number of carboxylic acids is 1. The summed E-state index contributed by atoms with van der Waals surface area (Å²) >= 11 is 0. The van der Waals surface area contributed by atoms with Crippen LogP contribution >= 0.6 is 0 Å². The van der Waals surface area contributed by atoms with Crippen molar-refractivity contribution in [3.63, 3.8) is 0 Å². The molecule has 1 aromatic rings. The van der Waals surface area contributed by atoms with Crippen molar-refractivity contribution in [3.8, 4) is 0 Å². The van der Waals surface area contributed by atoms with Gasteiger partial charge in [0.25, 0.3) is 0 Å². The topological polar surface area (TPSA) is 71.5 Å². The maximum Gasteiger partial charge on any atom is 0.306 e. The summed E-state index contributed by atoms with van der Waals surface area (Å²) in [5.41, 5.74) is 0.928. The van der Waals surface area contributed by atoms with Gasteiger partial charge in [-0.15, -0.1) is 0 Å². The van der Waals surface area contributed by atoms with E-state index in [1.807, 2.05) is 12.1 Å². The van der Waals surface area contributed by atoms with Crippen LogP contribution in [0.5, 0.6) is 0 Å². The van der Waals surface area contributed by atoms with Gasteiger partial charge in [0.05, 0.1) is 12.5 Å². The highest BCUT2D eigenvalue weighted by Gasteiger charge is 2.11. The number of aromatic nitrogens is 1. The molecule has 1 unspecified atom stereocenters. The first-order valence-electron chi connectivity index (χ1n) is 5.54. The van der Waals surface area contributed by atoms with Gasteiger partial charge in [0.2, 0.25) is 0 Å². The van der Waals surface area contributed by atoms with Gasteiger partial charge in [-0.3, -0.25) is 4.79 Å². The van der Waals surface area contributed by atoms with Gasteiger partial charge in [0, 0.05) is 19.9 Å². The predicted molar refractivity (Wildman–Crippen MR) is 65.1 cm³/mol. The lowest BCUT2D eigenvalue weighted by Gasteiger charge is -2.08. The molecule has 1 aromatic heterocycles. The van der Waals surface area contributed by atoms with E-state index in [4.69, 9.17) is 9.84 Å². The third-order valence-electron chi connectivity index (χ3n) is 2.40. The largest absolute Gasteiger partial charge is 0.481 e.